The van der Waals surface area contributed by atoms with Crippen LogP contribution in [0, 0.1) is 5.41 Å². The van der Waals surface area contributed by atoms with Gasteiger partial charge in [0.25, 0.3) is 0 Å². The molecule has 0 radical (unpaired) electrons. The highest BCUT2D eigenvalue weighted by Crippen LogP contribution is 2.39. The number of aliphatic hydroxyl groups excluding tert-OH is 1. The number of hydrogen-bond acceptors (Lipinski definition) is 3. The van der Waals surface area contributed by atoms with E-state index in [-0.39, 0.29) is 17.7 Å². The lowest BCUT2D eigenvalue weighted by molar-refractivity contribution is 0.0397. The lowest BCUT2D eigenvalue weighted by Crippen LogP contribution is -2.52. The molecule has 0 aromatic carbocycles. The second kappa shape index (κ2) is 6.11. The Morgan fingerprint density at radius 2 is 1.63 bits per heavy atom. The summed E-state index contributed by atoms with van der Waals surface area (Å²) in [6.45, 7) is 13.3. The second-order valence-corrected chi connectivity index (χ2v) is 8.14. The van der Waals surface area contributed by atoms with Crippen LogP contribution in [0.1, 0.15) is 60.3 Å². The summed E-state index contributed by atoms with van der Waals surface area (Å²) >= 11 is 0. The normalized spacial score (nSPS) is 20.2. The number of nitrogens with one attached hydrogen (secondary N) is 1. The molecule has 1 fully saturated rings. The van der Waals surface area contributed by atoms with Crippen molar-refractivity contribution in [2.75, 3.05) is 26.7 Å². The molecular weight excluding hydrogens is 236 g/mol. The molecule has 0 aromatic heterocycles. The molecule has 1 rings (SSSR count). The Bertz CT molecular complexity index is 275. The molecule has 0 unspecified atom stereocenters. The van der Waals surface area contributed by atoms with Crippen LogP contribution >= 0.6 is 0 Å². The lowest BCUT2D eigenvalue weighted by atomic mass is 9.83. The molecule has 19 heavy (non-hydrogen) atoms. The van der Waals surface area contributed by atoms with Crippen LogP contribution < -0.4 is 5.32 Å². The predicted molar refractivity (Wildman–Crippen MR) is 82.5 cm³/mol. The Hall–Kier alpha value is -0.120. The van der Waals surface area contributed by atoms with Gasteiger partial charge in [-0.05, 0) is 59.9 Å². The molecule has 0 heterocycles. The summed E-state index contributed by atoms with van der Waals surface area (Å²) in [7, 11) is 2.15. The first-order valence-electron chi connectivity index (χ1n) is 7.67. The van der Waals surface area contributed by atoms with Gasteiger partial charge < -0.3 is 10.4 Å². The van der Waals surface area contributed by atoms with E-state index in [1.165, 1.54) is 25.7 Å². The van der Waals surface area contributed by atoms with Crippen molar-refractivity contribution in [1.29, 1.82) is 0 Å². The molecule has 1 aliphatic rings. The first-order valence-corrected chi connectivity index (χ1v) is 7.67. The summed E-state index contributed by atoms with van der Waals surface area (Å²) in [6.07, 6.45) is 5.31. The molecule has 0 amide bonds. The fraction of sp³-hybridized carbons (Fsp3) is 1.00. The molecule has 114 valence electrons. The molecule has 2 N–H and O–H groups in total. The van der Waals surface area contributed by atoms with Gasteiger partial charge in [0.1, 0.15) is 0 Å². The smallest absolute Gasteiger partial charge is 0.0609 e. The molecule has 1 saturated carbocycles. The van der Waals surface area contributed by atoms with Crippen molar-refractivity contribution in [1.82, 2.24) is 10.2 Å². The molecule has 1 aliphatic carbocycles. The van der Waals surface area contributed by atoms with Crippen LogP contribution in [0.15, 0.2) is 0 Å². The molecule has 0 atom stereocenters. The van der Waals surface area contributed by atoms with Gasteiger partial charge in [-0.25, -0.2) is 0 Å². The van der Waals surface area contributed by atoms with E-state index in [1.54, 1.807) is 0 Å². The summed E-state index contributed by atoms with van der Waals surface area (Å²) < 4.78 is 0. The first-order chi connectivity index (χ1) is 8.60. The van der Waals surface area contributed by atoms with Crippen LogP contribution in [0.4, 0.5) is 0 Å². The first kappa shape index (κ1) is 16.9. The van der Waals surface area contributed by atoms with E-state index in [2.05, 4.69) is 51.9 Å². The third-order valence-electron chi connectivity index (χ3n) is 4.65. The third kappa shape index (κ3) is 5.05. The lowest BCUT2D eigenvalue weighted by Gasteiger charge is -2.42. The Morgan fingerprint density at radius 3 is 2.05 bits per heavy atom. The van der Waals surface area contributed by atoms with Crippen molar-refractivity contribution in [3.8, 4) is 0 Å². The summed E-state index contributed by atoms with van der Waals surface area (Å²) in [4.78, 5) is 2.34. The van der Waals surface area contributed by atoms with E-state index in [9.17, 15) is 5.11 Å². The number of rotatable bonds is 6. The van der Waals surface area contributed by atoms with Gasteiger partial charge in [0.15, 0.2) is 0 Å². The van der Waals surface area contributed by atoms with Crippen molar-refractivity contribution in [2.24, 2.45) is 5.41 Å². The van der Waals surface area contributed by atoms with Crippen LogP contribution in [0.5, 0.6) is 0 Å². The minimum absolute atomic E-state index is 0.128. The maximum atomic E-state index is 9.52. The summed E-state index contributed by atoms with van der Waals surface area (Å²) in [5, 5.41) is 13.2. The molecule has 3 nitrogen and oxygen atoms in total. The topological polar surface area (TPSA) is 35.5 Å². The monoisotopic (exact) mass is 270 g/mol. The van der Waals surface area contributed by atoms with Crippen LogP contribution in [0.25, 0.3) is 0 Å². The fourth-order valence-corrected chi connectivity index (χ4v) is 2.81. The van der Waals surface area contributed by atoms with Crippen LogP contribution in [-0.2, 0) is 0 Å². The number of aliphatic hydroxyl groups is 1. The Balaban J connectivity index is 2.67. The standard InChI is InChI=1S/C16H34N2O/c1-14(2,3)17-11-16(9-7-8-10-16)12-18(6)15(4,5)13-19/h17,19H,7-13H2,1-6H3. The Labute approximate surface area is 119 Å². The zero-order valence-corrected chi connectivity index (χ0v) is 13.8. The summed E-state index contributed by atoms with van der Waals surface area (Å²) in [5.41, 5.74) is 0.437. The van der Waals surface area contributed by atoms with Gasteiger partial charge in [0, 0.05) is 24.2 Å². The van der Waals surface area contributed by atoms with Crippen molar-refractivity contribution in [3.63, 3.8) is 0 Å². The SMILES string of the molecule is CN(CC1(CNC(C)(C)C)CCCC1)C(C)(C)CO. The largest absolute Gasteiger partial charge is 0.394 e. The second-order valence-electron chi connectivity index (χ2n) is 8.14. The minimum atomic E-state index is -0.128. The number of likely N-dealkylation sites (N-methyl/N-ethyl adjacent to an activating group) is 1. The zero-order valence-electron chi connectivity index (χ0n) is 13.8. The van der Waals surface area contributed by atoms with Crippen molar-refractivity contribution in [3.05, 3.63) is 0 Å². The van der Waals surface area contributed by atoms with Crippen LogP contribution in [-0.4, -0.2) is 47.8 Å². The van der Waals surface area contributed by atoms with E-state index in [0.29, 0.717) is 5.41 Å². The molecule has 0 saturated heterocycles. The Morgan fingerprint density at radius 1 is 1.11 bits per heavy atom. The summed E-state index contributed by atoms with van der Waals surface area (Å²) in [6, 6.07) is 0. The maximum Gasteiger partial charge on any atom is 0.0609 e. The van der Waals surface area contributed by atoms with Gasteiger partial charge in [-0.3, -0.25) is 4.90 Å². The van der Waals surface area contributed by atoms with Gasteiger partial charge in [-0.1, -0.05) is 12.8 Å². The molecular formula is C16H34N2O. The van der Waals surface area contributed by atoms with Crippen molar-refractivity contribution >= 4 is 0 Å². The average Bonchev–Trinajstić information content (AvgIpc) is 2.75. The van der Waals surface area contributed by atoms with Crippen molar-refractivity contribution in [2.45, 2.75) is 71.4 Å². The third-order valence-corrected chi connectivity index (χ3v) is 4.65. The van der Waals surface area contributed by atoms with Gasteiger partial charge in [0.2, 0.25) is 0 Å². The maximum absolute atomic E-state index is 9.52. The highest BCUT2D eigenvalue weighted by atomic mass is 16.3. The van der Waals surface area contributed by atoms with Gasteiger partial charge >= 0.3 is 0 Å². The van der Waals surface area contributed by atoms with Crippen molar-refractivity contribution < 1.29 is 5.11 Å². The van der Waals surface area contributed by atoms with E-state index in [0.717, 1.165) is 13.1 Å². The number of nitrogens with zero attached hydrogens (tertiary/aromatic N) is 1. The van der Waals surface area contributed by atoms with E-state index >= 15 is 0 Å². The zero-order chi connectivity index (χ0) is 14.7. The van der Waals surface area contributed by atoms with Crippen LogP contribution in [0.2, 0.25) is 0 Å². The van der Waals surface area contributed by atoms with Gasteiger partial charge in [0.05, 0.1) is 6.61 Å². The van der Waals surface area contributed by atoms with E-state index in [1.807, 2.05) is 0 Å². The molecule has 0 bridgehead atoms. The minimum Gasteiger partial charge on any atom is -0.394 e. The highest BCUT2D eigenvalue weighted by molar-refractivity contribution is 4.93. The number of hydrogen-bond donors (Lipinski definition) is 2. The molecule has 0 spiro atoms. The van der Waals surface area contributed by atoms with E-state index in [4.69, 9.17) is 0 Å². The quantitative estimate of drug-likeness (QED) is 0.779. The van der Waals surface area contributed by atoms with E-state index < -0.39 is 0 Å². The van der Waals surface area contributed by atoms with Gasteiger partial charge in [-0.15, -0.1) is 0 Å². The molecule has 0 aliphatic heterocycles. The summed E-state index contributed by atoms with van der Waals surface area (Å²) in [5.74, 6) is 0. The van der Waals surface area contributed by atoms with Gasteiger partial charge in [-0.2, -0.15) is 0 Å². The van der Waals surface area contributed by atoms with Crippen LogP contribution in [0.3, 0.4) is 0 Å². The molecule has 0 aromatic rings. The Kier molecular flexibility index (Phi) is 5.44. The average molecular weight is 270 g/mol. The molecule has 3 heteroatoms. The predicted octanol–water partition coefficient (Wildman–Crippen LogP) is 2.64. The fourth-order valence-electron chi connectivity index (χ4n) is 2.81. The highest BCUT2D eigenvalue weighted by Gasteiger charge is 2.38.